The highest BCUT2D eigenvalue weighted by Gasteiger charge is 2.10. The van der Waals surface area contributed by atoms with E-state index in [9.17, 15) is 18.4 Å². The van der Waals surface area contributed by atoms with Crippen molar-refractivity contribution < 1.29 is 18.7 Å². The third-order valence-electron chi connectivity index (χ3n) is 1.40. The number of carboxylic acid groups (broad SMARTS) is 1. The summed E-state index contributed by atoms with van der Waals surface area (Å²) < 4.78 is 24.2. The van der Waals surface area contributed by atoms with Gasteiger partial charge >= 0.3 is 5.97 Å². The Bertz CT molecular complexity index is 402. The van der Waals surface area contributed by atoms with Crippen LogP contribution in [0.2, 0.25) is 0 Å². The van der Waals surface area contributed by atoms with Crippen molar-refractivity contribution in [3.05, 3.63) is 28.2 Å². The molecule has 0 saturated heterocycles. The summed E-state index contributed by atoms with van der Waals surface area (Å²) in [6, 6.07) is 1.85. The quantitative estimate of drug-likeness (QED) is 0.763. The van der Waals surface area contributed by atoms with Crippen molar-refractivity contribution in [3.63, 3.8) is 0 Å². The molecule has 0 aliphatic carbocycles. The molecule has 0 saturated carbocycles. The summed E-state index contributed by atoms with van der Waals surface area (Å²) >= 11 is 0. The molecule has 76 valence electrons. The first-order chi connectivity index (χ1) is 6.50. The Morgan fingerprint density at radius 1 is 1.57 bits per heavy atom. The van der Waals surface area contributed by atoms with Crippen LogP contribution in [0.3, 0.4) is 0 Å². The molecule has 0 bridgehead atoms. The zero-order valence-corrected chi connectivity index (χ0v) is 6.85. The van der Waals surface area contributed by atoms with Gasteiger partial charge in [-0.25, -0.2) is 18.3 Å². The summed E-state index contributed by atoms with van der Waals surface area (Å²) in [7, 11) is 0. The molecule has 5 nitrogen and oxygen atoms in total. The summed E-state index contributed by atoms with van der Waals surface area (Å²) in [5.74, 6) is -1.37. The normalized spacial score (nSPS) is 10.5. The van der Waals surface area contributed by atoms with Gasteiger partial charge < -0.3 is 5.11 Å². The Balaban J connectivity index is 3.08. The fraction of sp³-hybridized carbons (Fsp3) is 0.286. The molecule has 7 heteroatoms. The molecule has 1 aromatic rings. The van der Waals surface area contributed by atoms with Crippen molar-refractivity contribution in [3.8, 4) is 0 Å². The molecule has 1 heterocycles. The van der Waals surface area contributed by atoms with Crippen LogP contribution in [-0.2, 0) is 6.54 Å². The Labute approximate surface area is 76.6 Å². The minimum atomic E-state index is -2.75. The third-order valence-corrected chi connectivity index (χ3v) is 1.40. The number of rotatable bonds is 3. The molecule has 1 N–H and O–H groups in total. The maximum atomic E-state index is 11.9. The van der Waals surface area contributed by atoms with Crippen molar-refractivity contribution in [1.82, 2.24) is 9.78 Å². The van der Waals surface area contributed by atoms with Gasteiger partial charge in [-0.3, -0.25) is 4.79 Å². The van der Waals surface area contributed by atoms with Crippen LogP contribution in [0.5, 0.6) is 0 Å². The van der Waals surface area contributed by atoms with E-state index in [2.05, 4.69) is 5.10 Å². The monoisotopic (exact) mass is 204 g/mol. The molecule has 14 heavy (non-hydrogen) atoms. The lowest BCUT2D eigenvalue weighted by Gasteiger charge is -2.03. The van der Waals surface area contributed by atoms with E-state index >= 15 is 0 Å². The van der Waals surface area contributed by atoms with E-state index in [1.54, 1.807) is 0 Å². The van der Waals surface area contributed by atoms with Crippen molar-refractivity contribution >= 4 is 5.97 Å². The van der Waals surface area contributed by atoms with Gasteiger partial charge in [0.05, 0.1) is 0 Å². The smallest absolute Gasteiger partial charge is 0.356 e. The van der Waals surface area contributed by atoms with Gasteiger partial charge in [0.25, 0.3) is 12.0 Å². The van der Waals surface area contributed by atoms with Crippen LogP contribution >= 0.6 is 0 Å². The molecular formula is C7H6F2N2O3. The highest BCUT2D eigenvalue weighted by molar-refractivity contribution is 5.84. The summed E-state index contributed by atoms with van der Waals surface area (Å²) in [5.41, 5.74) is -1.19. The fourth-order valence-corrected chi connectivity index (χ4v) is 0.825. The van der Waals surface area contributed by atoms with Gasteiger partial charge in [0.15, 0.2) is 5.69 Å². The van der Waals surface area contributed by atoms with Crippen LogP contribution in [0.4, 0.5) is 8.78 Å². The van der Waals surface area contributed by atoms with Crippen LogP contribution in [0.1, 0.15) is 10.5 Å². The Morgan fingerprint density at radius 2 is 2.21 bits per heavy atom. The Kier molecular flexibility index (Phi) is 2.90. The average Bonchev–Trinajstić information content (AvgIpc) is 2.07. The van der Waals surface area contributed by atoms with E-state index in [4.69, 9.17) is 5.11 Å². The van der Waals surface area contributed by atoms with E-state index in [-0.39, 0.29) is 0 Å². The number of hydrogen-bond donors (Lipinski definition) is 1. The molecule has 0 unspecified atom stereocenters. The number of alkyl halides is 2. The molecule has 0 radical (unpaired) electrons. The number of aromatic nitrogens is 2. The maximum absolute atomic E-state index is 11.9. The van der Waals surface area contributed by atoms with Crippen LogP contribution in [0, 0.1) is 0 Å². The largest absolute Gasteiger partial charge is 0.476 e. The van der Waals surface area contributed by atoms with E-state index in [1.165, 1.54) is 0 Å². The van der Waals surface area contributed by atoms with Crippen LogP contribution in [0.15, 0.2) is 16.9 Å². The van der Waals surface area contributed by atoms with Gasteiger partial charge in [0.2, 0.25) is 0 Å². The molecule has 0 aromatic carbocycles. The predicted octanol–water partition coefficient (Wildman–Crippen LogP) is 0.207. The van der Waals surface area contributed by atoms with Gasteiger partial charge in [-0.2, -0.15) is 5.10 Å². The molecule has 0 atom stereocenters. The molecule has 1 aromatic heterocycles. The van der Waals surface area contributed by atoms with Crippen LogP contribution in [-0.4, -0.2) is 27.3 Å². The van der Waals surface area contributed by atoms with E-state index in [0.29, 0.717) is 4.68 Å². The Morgan fingerprint density at radius 3 is 2.71 bits per heavy atom. The lowest BCUT2D eigenvalue weighted by atomic mass is 10.4. The molecule has 1 rings (SSSR count). The van der Waals surface area contributed by atoms with Crippen LogP contribution in [0.25, 0.3) is 0 Å². The van der Waals surface area contributed by atoms with Crippen molar-refractivity contribution in [2.45, 2.75) is 13.0 Å². The van der Waals surface area contributed by atoms with E-state index in [0.717, 1.165) is 12.1 Å². The number of aromatic carboxylic acids is 1. The second-order valence-corrected chi connectivity index (χ2v) is 2.44. The first-order valence-electron chi connectivity index (χ1n) is 3.60. The second kappa shape index (κ2) is 3.95. The predicted molar refractivity (Wildman–Crippen MR) is 41.5 cm³/mol. The molecule has 0 aliphatic rings. The highest BCUT2D eigenvalue weighted by Crippen LogP contribution is 1.95. The average molecular weight is 204 g/mol. The molecule has 0 amide bonds. The summed E-state index contributed by atoms with van der Waals surface area (Å²) in [6.45, 7) is -0.903. The fourth-order valence-electron chi connectivity index (χ4n) is 0.825. The number of halogens is 2. The third kappa shape index (κ3) is 2.35. The maximum Gasteiger partial charge on any atom is 0.356 e. The van der Waals surface area contributed by atoms with E-state index < -0.39 is 30.2 Å². The van der Waals surface area contributed by atoms with Gasteiger partial charge in [0.1, 0.15) is 6.54 Å². The molecular weight excluding hydrogens is 198 g/mol. The summed E-state index contributed by atoms with van der Waals surface area (Å²) in [5, 5.41) is 11.7. The topological polar surface area (TPSA) is 72.2 Å². The second-order valence-electron chi connectivity index (χ2n) is 2.44. The number of hydrogen-bond acceptors (Lipinski definition) is 3. The SMILES string of the molecule is O=C(O)c1ccc(=O)n(CC(F)F)n1. The van der Waals surface area contributed by atoms with Crippen molar-refractivity contribution in [2.24, 2.45) is 0 Å². The number of carbonyl (C=O) groups is 1. The zero-order chi connectivity index (χ0) is 10.7. The summed E-state index contributed by atoms with van der Waals surface area (Å²) in [6.07, 6.45) is -2.75. The van der Waals surface area contributed by atoms with Gasteiger partial charge in [0, 0.05) is 6.07 Å². The van der Waals surface area contributed by atoms with Crippen molar-refractivity contribution in [2.75, 3.05) is 0 Å². The standard InChI is InChI=1S/C7H6F2N2O3/c8-5(9)3-11-6(12)2-1-4(10-11)7(13)14/h1-2,5H,3H2,(H,13,14). The molecule has 0 spiro atoms. The number of nitrogens with zero attached hydrogens (tertiary/aromatic N) is 2. The molecule has 0 aliphatic heterocycles. The van der Waals surface area contributed by atoms with Gasteiger partial charge in [-0.05, 0) is 6.07 Å². The van der Waals surface area contributed by atoms with Crippen molar-refractivity contribution in [1.29, 1.82) is 0 Å². The zero-order valence-electron chi connectivity index (χ0n) is 6.85. The number of carboxylic acids is 1. The van der Waals surface area contributed by atoms with Gasteiger partial charge in [-0.15, -0.1) is 0 Å². The first-order valence-corrected chi connectivity index (χ1v) is 3.60. The lowest BCUT2D eigenvalue weighted by Crippen LogP contribution is -2.27. The minimum absolute atomic E-state index is 0.425. The van der Waals surface area contributed by atoms with Gasteiger partial charge in [-0.1, -0.05) is 0 Å². The van der Waals surface area contributed by atoms with E-state index in [1.807, 2.05) is 0 Å². The summed E-state index contributed by atoms with van der Waals surface area (Å²) in [4.78, 5) is 21.3. The minimum Gasteiger partial charge on any atom is -0.476 e. The van der Waals surface area contributed by atoms with Crippen LogP contribution < -0.4 is 5.56 Å². The highest BCUT2D eigenvalue weighted by atomic mass is 19.3. The lowest BCUT2D eigenvalue weighted by molar-refractivity contribution is 0.0682. The first kappa shape index (κ1) is 10.3. The Hall–Kier alpha value is -1.79. The molecule has 0 fully saturated rings.